The molecule has 5 heteroatoms. The quantitative estimate of drug-likeness (QED) is 0.237. The molecule has 4 nitrogen and oxygen atoms in total. The van der Waals surface area contributed by atoms with Crippen molar-refractivity contribution in [1.82, 2.24) is 15.0 Å². The zero-order valence-corrected chi connectivity index (χ0v) is 20.9. The molecule has 38 heavy (non-hydrogen) atoms. The van der Waals surface area contributed by atoms with Gasteiger partial charge in [-0.3, -0.25) is 0 Å². The number of furan rings is 1. The Bertz CT molecular complexity index is 1930. The first-order valence-corrected chi connectivity index (χ1v) is 12.7. The van der Waals surface area contributed by atoms with Crippen molar-refractivity contribution >= 4 is 33.5 Å². The van der Waals surface area contributed by atoms with E-state index >= 15 is 0 Å². The van der Waals surface area contributed by atoms with Gasteiger partial charge in [-0.15, -0.1) is 0 Å². The fourth-order valence-electron chi connectivity index (χ4n) is 4.85. The van der Waals surface area contributed by atoms with Gasteiger partial charge in [-0.2, -0.15) is 0 Å². The molecule has 5 aromatic carbocycles. The standard InChI is InChI=1S/C33H20ClN3O/c34-27-19-8-7-15-24(27)32-35-31(22-13-5-2-6-14-22)36-33(37-32)26-18-10-20-28-29(26)25-17-9-16-23(30(25)38-28)21-11-3-1-4-12-21/h1-20H. The smallest absolute Gasteiger partial charge is 0.165 e. The monoisotopic (exact) mass is 509 g/mol. The van der Waals surface area contributed by atoms with Gasteiger partial charge < -0.3 is 4.42 Å². The van der Waals surface area contributed by atoms with E-state index in [4.69, 9.17) is 31.0 Å². The molecule has 0 bridgehead atoms. The molecule has 0 saturated carbocycles. The Labute approximate surface area is 224 Å². The second-order valence-electron chi connectivity index (χ2n) is 8.98. The summed E-state index contributed by atoms with van der Waals surface area (Å²) in [5, 5.41) is 2.57. The van der Waals surface area contributed by atoms with Gasteiger partial charge in [0.05, 0.1) is 5.02 Å². The first-order valence-electron chi connectivity index (χ1n) is 12.3. The summed E-state index contributed by atoms with van der Waals surface area (Å²) in [4.78, 5) is 14.7. The van der Waals surface area contributed by atoms with E-state index in [2.05, 4.69) is 30.3 Å². The van der Waals surface area contributed by atoms with Crippen molar-refractivity contribution < 1.29 is 4.42 Å². The van der Waals surface area contributed by atoms with E-state index in [1.54, 1.807) is 0 Å². The minimum absolute atomic E-state index is 0.522. The highest BCUT2D eigenvalue weighted by molar-refractivity contribution is 6.33. The number of halogens is 1. The average molecular weight is 510 g/mol. The molecular formula is C33H20ClN3O. The normalized spacial score (nSPS) is 11.3. The summed E-state index contributed by atoms with van der Waals surface area (Å²) < 4.78 is 6.46. The van der Waals surface area contributed by atoms with Crippen LogP contribution in [-0.4, -0.2) is 15.0 Å². The SMILES string of the molecule is Clc1ccccc1-c1nc(-c2ccccc2)nc(-c2cccc3oc4c(-c5ccccc5)cccc4c23)n1. The van der Waals surface area contributed by atoms with Crippen molar-refractivity contribution in [2.75, 3.05) is 0 Å². The molecule has 0 radical (unpaired) electrons. The minimum Gasteiger partial charge on any atom is -0.455 e. The number of hydrogen-bond donors (Lipinski definition) is 0. The van der Waals surface area contributed by atoms with Crippen LogP contribution in [0.25, 0.3) is 67.2 Å². The Morgan fingerprint density at radius 1 is 0.474 bits per heavy atom. The van der Waals surface area contributed by atoms with Gasteiger partial charge in [0.1, 0.15) is 11.2 Å². The van der Waals surface area contributed by atoms with Crippen LogP contribution in [0.5, 0.6) is 0 Å². The van der Waals surface area contributed by atoms with E-state index in [0.29, 0.717) is 22.5 Å². The number of para-hydroxylation sites is 1. The van der Waals surface area contributed by atoms with Gasteiger partial charge in [-0.25, -0.2) is 15.0 Å². The molecule has 2 aromatic heterocycles. The fraction of sp³-hybridized carbons (Fsp3) is 0. The lowest BCUT2D eigenvalue weighted by Gasteiger charge is -2.10. The second-order valence-corrected chi connectivity index (χ2v) is 9.39. The van der Waals surface area contributed by atoms with Crippen LogP contribution in [0, 0.1) is 0 Å². The molecular weight excluding hydrogens is 490 g/mol. The zero-order valence-electron chi connectivity index (χ0n) is 20.2. The molecule has 0 unspecified atom stereocenters. The molecule has 0 aliphatic heterocycles. The van der Waals surface area contributed by atoms with Crippen LogP contribution < -0.4 is 0 Å². The van der Waals surface area contributed by atoms with Crippen molar-refractivity contribution in [1.29, 1.82) is 0 Å². The maximum atomic E-state index is 6.57. The average Bonchev–Trinajstić information content (AvgIpc) is 3.37. The number of nitrogens with zero attached hydrogens (tertiary/aromatic N) is 3. The van der Waals surface area contributed by atoms with E-state index < -0.39 is 0 Å². The molecule has 7 aromatic rings. The minimum atomic E-state index is 0.522. The van der Waals surface area contributed by atoms with Crippen molar-refractivity contribution in [2.24, 2.45) is 0 Å². The maximum absolute atomic E-state index is 6.57. The van der Waals surface area contributed by atoms with E-state index in [1.165, 1.54) is 0 Å². The van der Waals surface area contributed by atoms with Gasteiger partial charge in [0.15, 0.2) is 17.5 Å². The fourth-order valence-corrected chi connectivity index (χ4v) is 5.08. The highest BCUT2D eigenvalue weighted by Crippen LogP contribution is 2.40. The Hall–Kier alpha value is -4.80. The summed E-state index contributed by atoms with van der Waals surface area (Å²) in [5.41, 5.74) is 6.30. The molecule has 0 aliphatic carbocycles. The second kappa shape index (κ2) is 9.25. The van der Waals surface area contributed by atoms with Crippen molar-refractivity contribution in [3.05, 3.63) is 126 Å². The molecule has 0 N–H and O–H groups in total. The molecule has 0 atom stereocenters. The molecule has 0 aliphatic rings. The highest BCUT2D eigenvalue weighted by atomic mass is 35.5. The number of benzene rings is 5. The molecule has 7 rings (SSSR count). The number of hydrogen-bond acceptors (Lipinski definition) is 4. The lowest BCUT2D eigenvalue weighted by atomic mass is 10.0. The third-order valence-electron chi connectivity index (χ3n) is 6.63. The number of rotatable bonds is 4. The molecule has 0 fully saturated rings. The third kappa shape index (κ3) is 3.83. The third-order valence-corrected chi connectivity index (χ3v) is 6.96. The van der Waals surface area contributed by atoms with E-state index in [0.717, 1.165) is 49.8 Å². The Morgan fingerprint density at radius 3 is 1.82 bits per heavy atom. The van der Waals surface area contributed by atoms with Gasteiger partial charge in [-0.05, 0) is 23.8 Å². The largest absolute Gasteiger partial charge is 0.455 e. The van der Waals surface area contributed by atoms with Gasteiger partial charge in [-0.1, -0.05) is 115 Å². The molecule has 0 spiro atoms. The van der Waals surface area contributed by atoms with Crippen LogP contribution in [0.4, 0.5) is 0 Å². The first-order chi connectivity index (χ1) is 18.8. The van der Waals surface area contributed by atoms with Crippen LogP contribution in [-0.2, 0) is 0 Å². The lowest BCUT2D eigenvalue weighted by molar-refractivity contribution is 0.670. The van der Waals surface area contributed by atoms with Crippen LogP contribution in [0.1, 0.15) is 0 Å². The van der Waals surface area contributed by atoms with Crippen LogP contribution in [0.3, 0.4) is 0 Å². The van der Waals surface area contributed by atoms with Crippen LogP contribution in [0.2, 0.25) is 5.02 Å². The van der Waals surface area contributed by atoms with E-state index in [9.17, 15) is 0 Å². The van der Waals surface area contributed by atoms with Gasteiger partial charge >= 0.3 is 0 Å². The van der Waals surface area contributed by atoms with Crippen molar-refractivity contribution in [3.63, 3.8) is 0 Å². The summed E-state index contributed by atoms with van der Waals surface area (Å²) in [7, 11) is 0. The molecule has 0 amide bonds. The zero-order chi connectivity index (χ0) is 25.5. The van der Waals surface area contributed by atoms with Gasteiger partial charge in [0.2, 0.25) is 0 Å². The first kappa shape index (κ1) is 22.4. The van der Waals surface area contributed by atoms with E-state index in [-0.39, 0.29) is 0 Å². The predicted octanol–water partition coefficient (Wildman–Crippen LogP) is 9.09. The maximum Gasteiger partial charge on any atom is 0.165 e. The Kier molecular flexibility index (Phi) is 5.46. The van der Waals surface area contributed by atoms with Crippen LogP contribution in [0.15, 0.2) is 126 Å². The van der Waals surface area contributed by atoms with Crippen LogP contribution >= 0.6 is 11.6 Å². The summed E-state index contributed by atoms with van der Waals surface area (Å²) in [6.07, 6.45) is 0. The van der Waals surface area contributed by atoms with Crippen molar-refractivity contribution in [2.45, 2.75) is 0 Å². The topological polar surface area (TPSA) is 51.8 Å². The molecule has 0 saturated heterocycles. The summed E-state index contributed by atoms with van der Waals surface area (Å²) >= 11 is 6.57. The Balaban J connectivity index is 1.51. The van der Waals surface area contributed by atoms with Gasteiger partial charge in [0, 0.05) is 33.0 Å². The van der Waals surface area contributed by atoms with E-state index in [1.807, 2.05) is 91.0 Å². The van der Waals surface area contributed by atoms with Crippen molar-refractivity contribution in [3.8, 4) is 45.3 Å². The number of fused-ring (bicyclic) bond motifs is 3. The Morgan fingerprint density at radius 2 is 1.05 bits per heavy atom. The molecule has 2 heterocycles. The lowest BCUT2D eigenvalue weighted by Crippen LogP contribution is -2.00. The summed E-state index contributed by atoms with van der Waals surface area (Å²) in [5.74, 6) is 1.67. The summed E-state index contributed by atoms with van der Waals surface area (Å²) in [6.45, 7) is 0. The predicted molar refractivity (Wildman–Crippen MR) is 154 cm³/mol. The summed E-state index contributed by atoms with van der Waals surface area (Å²) in [6, 6.07) is 40.0. The number of aromatic nitrogens is 3. The molecule has 180 valence electrons. The van der Waals surface area contributed by atoms with Gasteiger partial charge in [0.25, 0.3) is 0 Å². The highest BCUT2D eigenvalue weighted by Gasteiger charge is 2.19.